The number of nitrogens with zero attached hydrogens (tertiary/aromatic N) is 4. The van der Waals surface area contributed by atoms with Crippen LogP contribution in [0.15, 0.2) is 41.3 Å². The number of rotatable bonds is 10. The van der Waals surface area contributed by atoms with Crippen molar-refractivity contribution < 1.29 is 80.6 Å². The van der Waals surface area contributed by atoms with Crippen LogP contribution in [0.1, 0.15) is 8.77 Å². The van der Waals surface area contributed by atoms with E-state index < -0.39 is 54.5 Å². The number of carboxylic acid groups (broad SMARTS) is 1. The van der Waals surface area contributed by atoms with Gasteiger partial charge < -0.3 is 10.4 Å². The summed E-state index contributed by atoms with van der Waals surface area (Å²) >= 11 is 0.740. The summed E-state index contributed by atoms with van der Waals surface area (Å²) in [6.45, 7) is 0. The van der Waals surface area contributed by atoms with Crippen molar-refractivity contribution in [1.29, 1.82) is 0 Å². The standard InChI is InChI=1S/C15H11N5O10S.CH4.U.V/c21-15(22)14(16-8-1-9(17(23)24)3-10(2-8)18(25)26)7-31-13-5-11(19(27)28)4-12(6-13)20(29)30;;;/h1-6,14,16H,7H2,(H,21,22);1H4;;/i;1D;;. The van der Waals surface area contributed by atoms with Crippen molar-refractivity contribution >= 4 is 46.2 Å². The summed E-state index contributed by atoms with van der Waals surface area (Å²) in [7, 11) is 1.25. The van der Waals surface area contributed by atoms with Crippen LogP contribution in [0, 0.1) is 71.6 Å². The van der Waals surface area contributed by atoms with E-state index in [9.17, 15) is 50.4 Å². The van der Waals surface area contributed by atoms with Crippen molar-refractivity contribution in [3.05, 3.63) is 76.9 Å². The van der Waals surface area contributed by atoms with E-state index in [0.717, 1.165) is 42.1 Å². The average molecular weight is 759 g/mol. The van der Waals surface area contributed by atoms with E-state index in [4.69, 9.17) is 1.37 Å². The van der Waals surface area contributed by atoms with Gasteiger partial charge in [0, 0.05) is 91.6 Å². The van der Waals surface area contributed by atoms with Crippen LogP contribution in [0.4, 0.5) is 28.4 Å². The van der Waals surface area contributed by atoms with Gasteiger partial charge in [0.15, 0.2) is 0 Å². The molecule has 18 heteroatoms. The molecular formula is C16H15N5O10SUV. The Morgan fingerprint density at radius 3 is 1.56 bits per heavy atom. The number of nitro groups is 4. The van der Waals surface area contributed by atoms with Crippen molar-refractivity contribution in [2.75, 3.05) is 11.1 Å². The van der Waals surface area contributed by atoms with Crippen molar-refractivity contribution in [2.45, 2.75) is 18.3 Å². The molecule has 0 saturated carbocycles. The zero-order valence-corrected chi connectivity index (χ0v) is 23.4. The zero-order chi connectivity index (χ0) is 25.3. The summed E-state index contributed by atoms with van der Waals surface area (Å²) in [5.41, 5.74) is -2.61. The molecular weight excluding hydrogens is 743 g/mol. The average Bonchev–Trinajstić information content (AvgIpc) is 2.77. The molecule has 0 aromatic heterocycles. The number of aliphatic carboxylic acids is 1. The van der Waals surface area contributed by atoms with Gasteiger partial charge >= 0.3 is 5.97 Å². The van der Waals surface area contributed by atoms with Crippen LogP contribution in [-0.2, 0) is 23.4 Å². The predicted molar refractivity (Wildman–Crippen MR) is 112 cm³/mol. The number of thioether (sulfide) groups is 1. The van der Waals surface area contributed by atoms with E-state index in [-0.39, 0.29) is 66.0 Å². The number of nitrogens with one attached hydrogen (secondary N) is 1. The molecule has 0 fully saturated rings. The summed E-state index contributed by atoms with van der Waals surface area (Å²) in [6.07, 6.45) is 0. The molecule has 0 saturated heterocycles. The maximum atomic E-state index is 11.6. The third-order valence-corrected chi connectivity index (χ3v) is 4.75. The molecule has 0 heterocycles. The van der Waals surface area contributed by atoms with Crippen LogP contribution in [0.3, 0.4) is 0 Å². The Labute approximate surface area is 231 Å². The Kier molecular flexibility index (Phi) is 13.4. The van der Waals surface area contributed by atoms with Crippen molar-refractivity contribution in [3.63, 3.8) is 0 Å². The van der Waals surface area contributed by atoms with Gasteiger partial charge in [-0.2, -0.15) is 0 Å². The molecule has 1 atom stereocenters. The van der Waals surface area contributed by atoms with Crippen LogP contribution in [0.2, 0.25) is 0 Å². The van der Waals surface area contributed by atoms with Gasteiger partial charge in [-0.15, -0.1) is 11.8 Å². The SMILES string of the molecule is O=C(O)C(CSc1cc([N+](=O)[O-])cc([N+](=O)[O-])c1)Nc1cc([N+](=O)[O-])cc([N+](=O)[O-])c1.[2H]C.[U].[V]. The topological polar surface area (TPSA) is 222 Å². The predicted octanol–water partition coefficient (Wildman–Crippen LogP) is 3.61. The molecule has 0 aliphatic heterocycles. The second kappa shape index (κ2) is 14.5. The van der Waals surface area contributed by atoms with Gasteiger partial charge in [0.2, 0.25) is 0 Å². The van der Waals surface area contributed by atoms with E-state index in [0.29, 0.717) is 6.07 Å². The Morgan fingerprint density at radius 2 is 1.24 bits per heavy atom. The molecule has 2 rings (SSSR count). The molecule has 0 spiro atoms. The molecule has 1 unspecified atom stereocenters. The molecule has 2 aromatic carbocycles. The molecule has 2 N–H and O–H groups in total. The van der Waals surface area contributed by atoms with Gasteiger partial charge in [0.25, 0.3) is 22.7 Å². The first-order chi connectivity index (χ1) is 15.5. The van der Waals surface area contributed by atoms with Crippen LogP contribution in [-0.4, -0.2) is 42.6 Å². The number of hydrogen-bond donors (Lipinski definition) is 2. The van der Waals surface area contributed by atoms with Crippen molar-refractivity contribution in [1.82, 2.24) is 0 Å². The maximum absolute atomic E-state index is 11.6. The summed E-state index contributed by atoms with van der Waals surface area (Å²) in [4.78, 5) is 52.0. The second-order valence-corrected chi connectivity index (χ2v) is 6.89. The fraction of sp³-hybridized carbons (Fsp3) is 0.188. The van der Waals surface area contributed by atoms with E-state index in [1.54, 1.807) is 0 Å². The Morgan fingerprint density at radius 1 is 0.882 bits per heavy atom. The minimum absolute atomic E-state index is 0. The molecule has 0 amide bonds. The molecule has 34 heavy (non-hydrogen) atoms. The molecule has 0 aliphatic rings. The van der Waals surface area contributed by atoms with Gasteiger partial charge in [-0.1, -0.05) is 7.40 Å². The number of non-ortho nitro benzene ring substituents is 4. The largest absolute Gasteiger partial charge is 0.480 e. The monoisotopic (exact) mass is 759 g/mol. The number of anilines is 1. The maximum Gasteiger partial charge on any atom is 0.326 e. The molecule has 0 aliphatic carbocycles. The van der Waals surface area contributed by atoms with E-state index in [1.807, 2.05) is 0 Å². The van der Waals surface area contributed by atoms with Crippen LogP contribution in [0.25, 0.3) is 0 Å². The molecule has 15 nitrogen and oxygen atoms in total. The molecule has 0 bridgehead atoms. The first kappa shape index (κ1) is 31.3. The molecule has 2 aromatic rings. The number of carboxylic acids is 1. The Hall–Kier alpha value is -2.70. The minimum atomic E-state index is -1.44. The van der Waals surface area contributed by atoms with E-state index in [2.05, 4.69) is 5.32 Å². The number of carbonyl (C=O) groups is 1. The molecule has 1 radical (unpaired) electrons. The summed E-state index contributed by atoms with van der Waals surface area (Å²) in [6, 6.07) is 3.88. The summed E-state index contributed by atoms with van der Waals surface area (Å²) in [5, 5.41) is 55.6. The fourth-order valence-electron chi connectivity index (χ4n) is 2.31. The first-order valence-corrected chi connectivity index (χ1v) is 8.96. The summed E-state index contributed by atoms with van der Waals surface area (Å²) in [5.74, 6) is -1.74. The summed E-state index contributed by atoms with van der Waals surface area (Å²) < 4.78 is 5.75. The smallest absolute Gasteiger partial charge is 0.326 e. The van der Waals surface area contributed by atoms with Crippen LogP contribution in [0.5, 0.6) is 0 Å². The van der Waals surface area contributed by atoms with Gasteiger partial charge in [0.05, 0.1) is 31.8 Å². The van der Waals surface area contributed by atoms with Crippen molar-refractivity contribution in [3.8, 4) is 0 Å². The normalized spacial score (nSPS) is 10.6. The minimum Gasteiger partial charge on any atom is -0.480 e. The fourth-order valence-corrected chi connectivity index (χ4v) is 3.30. The molecule has 179 valence electrons. The number of benzene rings is 2. The van der Waals surface area contributed by atoms with Gasteiger partial charge in [-0.3, -0.25) is 40.5 Å². The first-order valence-electron chi connectivity index (χ1n) is 8.98. The second-order valence-electron chi connectivity index (χ2n) is 5.80. The van der Waals surface area contributed by atoms with Gasteiger partial charge in [-0.05, 0) is 0 Å². The van der Waals surface area contributed by atoms with Gasteiger partial charge in [-0.25, -0.2) is 4.79 Å². The van der Waals surface area contributed by atoms with Crippen LogP contribution < -0.4 is 5.32 Å². The van der Waals surface area contributed by atoms with E-state index in [1.165, 1.54) is 7.40 Å². The number of nitro benzene ring substituents is 4. The number of hydrogen-bond acceptors (Lipinski definition) is 11. The third kappa shape index (κ3) is 9.27. The Bertz CT molecular complexity index is 1050. The van der Waals surface area contributed by atoms with Gasteiger partial charge in [0.1, 0.15) is 6.04 Å². The van der Waals surface area contributed by atoms with Crippen molar-refractivity contribution in [2.24, 2.45) is 0 Å². The third-order valence-electron chi connectivity index (χ3n) is 3.68. The van der Waals surface area contributed by atoms with Crippen LogP contribution >= 0.6 is 11.8 Å². The van der Waals surface area contributed by atoms with E-state index >= 15 is 0 Å². The quantitative estimate of drug-likeness (QED) is 0.202. The Balaban J connectivity index is 0. The zero-order valence-electron chi connectivity index (χ0n) is 18.0.